The van der Waals surface area contributed by atoms with Crippen molar-refractivity contribution in [3.05, 3.63) is 23.8 Å². The summed E-state index contributed by atoms with van der Waals surface area (Å²) >= 11 is 0. The van der Waals surface area contributed by atoms with E-state index < -0.39 is 5.97 Å². The summed E-state index contributed by atoms with van der Waals surface area (Å²) in [7, 11) is 0. The topological polar surface area (TPSA) is 98.7 Å². The fraction of sp³-hybridized carbons (Fsp3) is 0.692. The van der Waals surface area contributed by atoms with Crippen LogP contribution < -0.4 is 10.6 Å². The molecular weight excluding hydrogens is 404 g/mol. The lowest BCUT2D eigenvalue weighted by Gasteiger charge is -2.09. The third-order valence-corrected chi connectivity index (χ3v) is 5.80. The third-order valence-electron chi connectivity index (χ3n) is 5.80. The van der Waals surface area contributed by atoms with Gasteiger partial charge in [0.25, 0.3) is 0 Å². The summed E-state index contributed by atoms with van der Waals surface area (Å²) in [5.41, 5.74) is 0.168. The number of amides is 2. The Balaban J connectivity index is 1.89. The summed E-state index contributed by atoms with van der Waals surface area (Å²) in [6.45, 7) is 2.87. The fourth-order valence-corrected chi connectivity index (χ4v) is 3.84. The fourth-order valence-electron chi connectivity index (χ4n) is 3.84. The minimum Gasteiger partial charge on any atom is -0.507 e. The van der Waals surface area contributed by atoms with Crippen molar-refractivity contribution in [1.82, 2.24) is 5.32 Å². The van der Waals surface area contributed by atoms with E-state index in [1.807, 2.05) is 0 Å². The lowest BCUT2D eigenvalue weighted by atomic mass is 10.0. The van der Waals surface area contributed by atoms with Gasteiger partial charge in [-0.05, 0) is 18.6 Å². The maximum Gasteiger partial charge on any atom is 0.339 e. The number of carboxylic acids is 1. The molecule has 0 bridgehead atoms. The molecule has 1 aromatic rings. The zero-order valence-corrected chi connectivity index (χ0v) is 20.0. The normalized spacial score (nSPS) is 10.8. The quantitative estimate of drug-likeness (QED) is 0.165. The Labute approximate surface area is 194 Å². The summed E-state index contributed by atoms with van der Waals surface area (Å²) < 4.78 is 0. The first-order valence-corrected chi connectivity index (χ1v) is 12.7. The summed E-state index contributed by atoms with van der Waals surface area (Å²) in [5.74, 6) is -1.57. The van der Waals surface area contributed by atoms with Crippen LogP contribution in [0.1, 0.15) is 120 Å². The maximum absolute atomic E-state index is 11.9. The molecule has 6 nitrogen and oxygen atoms in total. The van der Waals surface area contributed by atoms with Gasteiger partial charge in [-0.25, -0.2) is 9.59 Å². The third kappa shape index (κ3) is 13.9. The summed E-state index contributed by atoms with van der Waals surface area (Å²) in [6.07, 6.45) is 21.1. The molecule has 0 aliphatic rings. The summed E-state index contributed by atoms with van der Waals surface area (Å²) in [6, 6.07) is 3.60. The predicted molar refractivity (Wildman–Crippen MR) is 132 cm³/mol. The number of nitrogens with one attached hydrogen (secondary N) is 2. The van der Waals surface area contributed by atoms with E-state index in [1.54, 1.807) is 0 Å². The van der Waals surface area contributed by atoms with E-state index in [4.69, 9.17) is 5.11 Å². The van der Waals surface area contributed by atoms with Crippen molar-refractivity contribution in [2.45, 2.75) is 110 Å². The molecule has 0 heterocycles. The van der Waals surface area contributed by atoms with Crippen LogP contribution in [-0.2, 0) is 0 Å². The number of hydrogen-bond acceptors (Lipinski definition) is 3. The molecule has 6 heteroatoms. The van der Waals surface area contributed by atoms with Crippen LogP contribution >= 0.6 is 0 Å². The molecule has 0 radical (unpaired) electrons. The minimum atomic E-state index is -1.21. The van der Waals surface area contributed by atoms with Crippen LogP contribution in [0.15, 0.2) is 18.2 Å². The van der Waals surface area contributed by atoms with Crippen molar-refractivity contribution in [1.29, 1.82) is 0 Å². The molecule has 0 saturated heterocycles. The second-order valence-corrected chi connectivity index (χ2v) is 8.72. The van der Waals surface area contributed by atoms with E-state index in [2.05, 4.69) is 17.6 Å². The van der Waals surface area contributed by atoms with Gasteiger partial charge >= 0.3 is 12.0 Å². The van der Waals surface area contributed by atoms with Crippen molar-refractivity contribution in [3.8, 4) is 5.75 Å². The van der Waals surface area contributed by atoms with Crippen LogP contribution in [0, 0.1) is 0 Å². The average Bonchev–Trinajstić information content (AvgIpc) is 2.75. The SMILES string of the molecule is CCCCCCCCCCCCCCCCCCNC(=O)Nc1ccc(C(=O)O)c(O)c1. The highest BCUT2D eigenvalue weighted by atomic mass is 16.4. The highest BCUT2D eigenvalue weighted by Gasteiger charge is 2.10. The molecule has 1 aromatic carbocycles. The van der Waals surface area contributed by atoms with Gasteiger partial charge in [0.05, 0.1) is 0 Å². The molecule has 1 rings (SSSR count). The smallest absolute Gasteiger partial charge is 0.339 e. The van der Waals surface area contributed by atoms with Gasteiger partial charge in [0, 0.05) is 18.3 Å². The molecule has 0 aliphatic heterocycles. The van der Waals surface area contributed by atoms with Crippen molar-refractivity contribution < 1.29 is 19.8 Å². The van der Waals surface area contributed by atoms with Gasteiger partial charge in [0.15, 0.2) is 0 Å². The van der Waals surface area contributed by atoms with Gasteiger partial charge in [-0.2, -0.15) is 0 Å². The largest absolute Gasteiger partial charge is 0.507 e. The molecule has 0 saturated carbocycles. The highest BCUT2D eigenvalue weighted by molar-refractivity contribution is 5.93. The number of carbonyl (C=O) groups excluding carboxylic acids is 1. The van der Waals surface area contributed by atoms with Gasteiger partial charge in [0.2, 0.25) is 0 Å². The summed E-state index contributed by atoms with van der Waals surface area (Å²) in [5, 5.41) is 23.9. The van der Waals surface area contributed by atoms with Crippen molar-refractivity contribution in [3.63, 3.8) is 0 Å². The van der Waals surface area contributed by atoms with Crippen LogP contribution in [0.5, 0.6) is 5.75 Å². The number of aromatic carboxylic acids is 1. The first-order chi connectivity index (χ1) is 15.5. The molecule has 0 spiro atoms. The van der Waals surface area contributed by atoms with Gasteiger partial charge in [-0.15, -0.1) is 0 Å². The monoisotopic (exact) mass is 448 g/mol. The van der Waals surface area contributed by atoms with Crippen molar-refractivity contribution in [2.75, 3.05) is 11.9 Å². The van der Waals surface area contributed by atoms with E-state index in [1.165, 1.54) is 108 Å². The van der Waals surface area contributed by atoms with E-state index in [0.717, 1.165) is 12.8 Å². The molecular formula is C26H44N2O4. The molecule has 2 amide bonds. The maximum atomic E-state index is 11.9. The Morgan fingerprint density at radius 3 is 1.66 bits per heavy atom. The number of carbonyl (C=O) groups is 2. The van der Waals surface area contributed by atoms with E-state index in [-0.39, 0.29) is 17.3 Å². The zero-order chi connectivity index (χ0) is 23.4. The molecule has 0 fully saturated rings. The molecule has 0 aliphatic carbocycles. The number of hydrogen-bond donors (Lipinski definition) is 4. The number of urea groups is 1. The predicted octanol–water partition coefficient (Wildman–Crippen LogP) is 7.47. The standard InChI is InChI=1S/C26H44N2O4/c1-2-3-4-5-6-7-8-9-10-11-12-13-14-15-16-17-20-27-26(32)28-22-18-19-23(25(30)31)24(29)21-22/h18-19,21,29H,2-17,20H2,1H3,(H,30,31)(H2,27,28,32). The van der Waals surface area contributed by atoms with Gasteiger partial charge in [-0.3, -0.25) is 0 Å². The average molecular weight is 449 g/mol. The lowest BCUT2D eigenvalue weighted by Crippen LogP contribution is -2.29. The number of rotatable bonds is 19. The first kappa shape index (κ1) is 27.8. The number of unbranched alkanes of at least 4 members (excludes halogenated alkanes) is 15. The highest BCUT2D eigenvalue weighted by Crippen LogP contribution is 2.21. The Hall–Kier alpha value is -2.24. The van der Waals surface area contributed by atoms with E-state index >= 15 is 0 Å². The molecule has 182 valence electrons. The Morgan fingerprint density at radius 2 is 1.22 bits per heavy atom. The van der Waals surface area contributed by atoms with E-state index in [9.17, 15) is 14.7 Å². The van der Waals surface area contributed by atoms with Gasteiger partial charge < -0.3 is 20.8 Å². The zero-order valence-electron chi connectivity index (χ0n) is 20.0. The molecule has 4 N–H and O–H groups in total. The molecule has 32 heavy (non-hydrogen) atoms. The van der Waals surface area contributed by atoms with Crippen LogP contribution in [0.2, 0.25) is 0 Å². The van der Waals surface area contributed by atoms with Crippen molar-refractivity contribution in [2.24, 2.45) is 0 Å². The lowest BCUT2D eigenvalue weighted by molar-refractivity contribution is 0.0693. The Kier molecular flexibility index (Phi) is 15.9. The summed E-state index contributed by atoms with van der Waals surface area (Å²) in [4.78, 5) is 22.8. The Morgan fingerprint density at radius 1 is 0.750 bits per heavy atom. The van der Waals surface area contributed by atoms with Crippen molar-refractivity contribution >= 4 is 17.7 Å². The van der Waals surface area contributed by atoms with Gasteiger partial charge in [-0.1, -0.05) is 103 Å². The van der Waals surface area contributed by atoms with Gasteiger partial charge in [0.1, 0.15) is 11.3 Å². The Bertz CT molecular complexity index is 649. The number of anilines is 1. The minimum absolute atomic E-state index is 0.191. The number of aromatic hydroxyl groups is 1. The van der Waals surface area contributed by atoms with Crippen LogP contribution in [0.4, 0.5) is 10.5 Å². The second kappa shape index (κ2) is 18.3. The number of carboxylic acid groups (broad SMARTS) is 1. The van der Waals surface area contributed by atoms with E-state index in [0.29, 0.717) is 12.2 Å². The molecule has 0 atom stereocenters. The number of phenols is 1. The molecule has 0 aromatic heterocycles. The van der Waals surface area contributed by atoms with Crippen LogP contribution in [-0.4, -0.2) is 28.8 Å². The second-order valence-electron chi connectivity index (χ2n) is 8.72. The molecule has 0 unspecified atom stereocenters. The van der Waals surface area contributed by atoms with Crippen LogP contribution in [0.3, 0.4) is 0 Å². The first-order valence-electron chi connectivity index (χ1n) is 12.7. The van der Waals surface area contributed by atoms with Crippen LogP contribution in [0.25, 0.3) is 0 Å². The number of benzene rings is 1.